The maximum Gasteiger partial charge on any atom is 0.125 e. The third-order valence-corrected chi connectivity index (χ3v) is 5.06. The minimum Gasteiger partial charge on any atom is -0.493 e. The van der Waals surface area contributed by atoms with Gasteiger partial charge in [-0.1, -0.05) is 47.6 Å². The molecule has 0 saturated carbocycles. The molecular weight excluding hydrogens is 400 g/mol. The SMILES string of the molecule is C/C=C/COc1cc(C)c(OCCCCCNCC(Cc2ccccc2)=NOC)c(C)c1. The zero-order valence-electron chi connectivity index (χ0n) is 20.0. The zero-order chi connectivity index (χ0) is 23.0. The maximum absolute atomic E-state index is 6.07. The molecule has 0 spiro atoms. The minimum absolute atomic E-state index is 0.592. The lowest BCUT2D eigenvalue weighted by Crippen LogP contribution is -2.25. The highest BCUT2D eigenvalue weighted by Crippen LogP contribution is 2.28. The Kier molecular flexibility index (Phi) is 12.0. The van der Waals surface area contributed by atoms with Crippen LogP contribution in [0.15, 0.2) is 59.8 Å². The van der Waals surface area contributed by atoms with Gasteiger partial charge in [-0.25, -0.2) is 0 Å². The molecule has 0 bridgehead atoms. The van der Waals surface area contributed by atoms with Gasteiger partial charge < -0.3 is 19.6 Å². The van der Waals surface area contributed by atoms with Crippen LogP contribution in [0.4, 0.5) is 0 Å². The molecule has 5 heteroatoms. The van der Waals surface area contributed by atoms with Crippen molar-refractivity contribution in [1.82, 2.24) is 5.32 Å². The number of ether oxygens (including phenoxy) is 2. The number of nitrogens with one attached hydrogen (secondary N) is 1. The summed E-state index contributed by atoms with van der Waals surface area (Å²) in [6.07, 6.45) is 8.04. The number of nitrogens with zero attached hydrogens (tertiary/aromatic N) is 1. The number of allylic oxidation sites excluding steroid dienone is 1. The number of aryl methyl sites for hydroxylation is 2. The van der Waals surface area contributed by atoms with E-state index in [2.05, 4.69) is 36.5 Å². The third-order valence-electron chi connectivity index (χ3n) is 5.06. The summed E-state index contributed by atoms with van der Waals surface area (Å²) < 4.78 is 11.8. The van der Waals surface area contributed by atoms with Crippen molar-refractivity contribution < 1.29 is 14.3 Å². The lowest BCUT2D eigenvalue weighted by atomic mass is 10.1. The Bertz CT molecular complexity index is 824. The summed E-state index contributed by atoms with van der Waals surface area (Å²) in [5.41, 5.74) is 4.48. The van der Waals surface area contributed by atoms with Gasteiger partial charge in [-0.2, -0.15) is 0 Å². The second-order valence-electron chi connectivity index (χ2n) is 7.85. The molecule has 0 heterocycles. The van der Waals surface area contributed by atoms with Gasteiger partial charge in [0.2, 0.25) is 0 Å². The lowest BCUT2D eigenvalue weighted by molar-refractivity contribution is 0.212. The minimum atomic E-state index is 0.592. The van der Waals surface area contributed by atoms with Crippen LogP contribution in [0.1, 0.15) is 42.9 Å². The first-order valence-electron chi connectivity index (χ1n) is 11.5. The van der Waals surface area contributed by atoms with Crippen LogP contribution in [0.3, 0.4) is 0 Å². The molecule has 0 atom stereocenters. The van der Waals surface area contributed by atoms with Crippen LogP contribution in [-0.4, -0.2) is 39.1 Å². The predicted molar refractivity (Wildman–Crippen MR) is 133 cm³/mol. The largest absolute Gasteiger partial charge is 0.493 e. The molecule has 0 aromatic heterocycles. The first kappa shape index (κ1) is 25.5. The molecule has 0 aliphatic carbocycles. The predicted octanol–water partition coefficient (Wildman–Crippen LogP) is 5.64. The second kappa shape index (κ2) is 15.1. The average molecular weight is 439 g/mol. The van der Waals surface area contributed by atoms with Crippen molar-refractivity contribution in [3.63, 3.8) is 0 Å². The average Bonchev–Trinajstić information content (AvgIpc) is 2.78. The van der Waals surface area contributed by atoms with E-state index >= 15 is 0 Å². The van der Waals surface area contributed by atoms with Crippen LogP contribution >= 0.6 is 0 Å². The normalized spacial score (nSPS) is 11.7. The molecule has 0 aliphatic rings. The van der Waals surface area contributed by atoms with E-state index in [0.717, 1.165) is 73.7 Å². The fourth-order valence-electron chi connectivity index (χ4n) is 3.49. The Morgan fingerprint density at radius 2 is 1.75 bits per heavy atom. The molecule has 0 saturated heterocycles. The molecule has 5 nitrogen and oxygen atoms in total. The van der Waals surface area contributed by atoms with Crippen molar-refractivity contribution in [3.05, 3.63) is 71.3 Å². The number of hydrogen-bond donors (Lipinski definition) is 1. The lowest BCUT2D eigenvalue weighted by Gasteiger charge is -2.14. The summed E-state index contributed by atoms with van der Waals surface area (Å²) in [6, 6.07) is 14.4. The summed E-state index contributed by atoms with van der Waals surface area (Å²) in [5.74, 6) is 1.86. The molecule has 2 aromatic carbocycles. The van der Waals surface area contributed by atoms with Gasteiger partial charge in [0.25, 0.3) is 0 Å². The third kappa shape index (κ3) is 9.56. The van der Waals surface area contributed by atoms with E-state index in [0.29, 0.717) is 6.61 Å². The van der Waals surface area contributed by atoms with Gasteiger partial charge >= 0.3 is 0 Å². The number of unbranched alkanes of at least 4 members (excludes halogenated alkanes) is 2. The summed E-state index contributed by atoms with van der Waals surface area (Å²) in [4.78, 5) is 5.00. The van der Waals surface area contributed by atoms with Crippen molar-refractivity contribution >= 4 is 5.71 Å². The van der Waals surface area contributed by atoms with E-state index in [9.17, 15) is 0 Å². The fourth-order valence-corrected chi connectivity index (χ4v) is 3.49. The number of benzene rings is 2. The smallest absolute Gasteiger partial charge is 0.125 e. The summed E-state index contributed by atoms with van der Waals surface area (Å²) in [5, 5.41) is 7.64. The number of rotatable bonds is 15. The van der Waals surface area contributed by atoms with Gasteiger partial charge in [0, 0.05) is 13.0 Å². The second-order valence-corrected chi connectivity index (χ2v) is 7.85. The highest BCUT2D eigenvalue weighted by Gasteiger charge is 2.07. The Morgan fingerprint density at radius 3 is 2.44 bits per heavy atom. The van der Waals surface area contributed by atoms with Crippen LogP contribution in [0, 0.1) is 13.8 Å². The standard InChI is InChI=1S/C27H38N2O3/c1-5-6-16-31-26-18-22(2)27(23(3)19-26)32-17-12-8-11-15-28-21-25(29-30-4)20-24-13-9-7-10-14-24/h5-7,9-10,13-14,18-19,28H,8,11-12,15-17,20-21H2,1-4H3/b6-5+,29-25?. The van der Waals surface area contributed by atoms with Gasteiger partial charge in [-0.3, -0.25) is 0 Å². The van der Waals surface area contributed by atoms with Crippen LogP contribution < -0.4 is 14.8 Å². The quantitative estimate of drug-likeness (QED) is 0.169. The fraction of sp³-hybridized carbons (Fsp3) is 0.444. The Hall–Kier alpha value is -2.79. The van der Waals surface area contributed by atoms with E-state index in [1.165, 1.54) is 5.56 Å². The van der Waals surface area contributed by atoms with Gasteiger partial charge in [-0.15, -0.1) is 0 Å². The maximum atomic E-state index is 6.07. The van der Waals surface area contributed by atoms with Crippen LogP contribution in [-0.2, 0) is 11.3 Å². The molecular formula is C27H38N2O3. The number of oxime groups is 1. The van der Waals surface area contributed by atoms with Crippen LogP contribution in [0.5, 0.6) is 11.5 Å². The molecule has 0 radical (unpaired) electrons. The van der Waals surface area contributed by atoms with Crippen molar-refractivity contribution in [2.24, 2.45) is 5.16 Å². The molecule has 2 aromatic rings. The highest BCUT2D eigenvalue weighted by atomic mass is 16.6. The topological polar surface area (TPSA) is 52.1 Å². The molecule has 174 valence electrons. The zero-order valence-corrected chi connectivity index (χ0v) is 20.0. The summed E-state index contributed by atoms with van der Waals surface area (Å²) in [6.45, 7) is 9.14. The summed E-state index contributed by atoms with van der Waals surface area (Å²) in [7, 11) is 1.60. The van der Waals surface area contributed by atoms with E-state index in [1.54, 1.807) is 7.11 Å². The van der Waals surface area contributed by atoms with Crippen molar-refractivity contribution in [1.29, 1.82) is 0 Å². The Morgan fingerprint density at radius 1 is 1.00 bits per heavy atom. The Labute approximate surface area is 193 Å². The van der Waals surface area contributed by atoms with Gasteiger partial charge in [0.1, 0.15) is 25.2 Å². The van der Waals surface area contributed by atoms with Crippen molar-refractivity contribution in [2.45, 2.75) is 46.5 Å². The van der Waals surface area contributed by atoms with Crippen molar-refractivity contribution in [2.75, 3.05) is 33.4 Å². The van der Waals surface area contributed by atoms with Gasteiger partial charge in [0.15, 0.2) is 0 Å². The van der Waals surface area contributed by atoms with Gasteiger partial charge in [-0.05, 0) is 75.4 Å². The van der Waals surface area contributed by atoms with E-state index < -0.39 is 0 Å². The molecule has 0 fully saturated rings. The van der Waals surface area contributed by atoms with E-state index in [4.69, 9.17) is 14.3 Å². The molecule has 0 unspecified atom stereocenters. The van der Waals surface area contributed by atoms with Crippen LogP contribution in [0.25, 0.3) is 0 Å². The monoisotopic (exact) mass is 438 g/mol. The molecule has 2 rings (SSSR count). The van der Waals surface area contributed by atoms with Crippen molar-refractivity contribution in [3.8, 4) is 11.5 Å². The van der Waals surface area contributed by atoms with E-state index in [1.807, 2.05) is 49.4 Å². The highest BCUT2D eigenvalue weighted by molar-refractivity contribution is 5.87. The molecule has 0 amide bonds. The first-order chi connectivity index (χ1) is 15.6. The van der Waals surface area contributed by atoms with Gasteiger partial charge in [0.05, 0.1) is 12.3 Å². The molecule has 1 N–H and O–H groups in total. The van der Waals surface area contributed by atoms with E-state index in [-0.39, 0.29) is 0 Å². The Balaban J connectivity index is 1.63. The summed E-state index contributed by atoms with van der Waals surface area (Å²) >= 11 is 0. The number of hydrogen-bond acceptors (Lipinski definition) is 5. The molecule has 32 heavy (non-hydrogen) atoms. The molecule has 0 aliphatic heterocycles. The first-order valence-corrected chi connectivity index (χ1v) is 11.5. The van der Waals surface area contributed by atoms with Crippen LogP contribution in [0.2, 0.25) is 0 Å².